The van der Waals surface area contributed by atoms with Gasteiger partial charge in [0.15, 0.2) is 0 Å². The van der Waals surface area contributed by atoms with E-state index in [2.05, 4.69) is 26.3 Å². The number of hydrogen-bond donors (Lipinski definition) is 2. The number of benzene rings is 1. The zero-order valence-corrected chi connectivity index (χ0v) is 13.7. The number of carbonyl (C=O) groups is 1. The monoisotopic (exact) mass is 320 g/mol. The van der Waals surface area contributed by atoms with Crippen LogP contribution in [0, 0.1) is 6.92 Å². The van der Waals surface area contributed by atoms with Crippen LogP contribution in [0.25, 0.3) is 11.0 Å². The molecule has 0 fully saturated rings. The molecule has 1 aromatic carbocycles. The van der Waals surface area contributed by atoms with Gasteiger partial charge in [0.1, 0.15) is 5.82 Å². The van der Waals surface area contributed by atoms with Crippen molar-refractivity contribution in [1.82, 2.24) is 20.3 Å². The number of amides is 1. The van der Waals surface area contributed by atoms with Gasteiger partial charge in [-0.15, -0.1) is 0 Å². The van der Waals surface area contributed by atoms with Crippen LogP contribution in [0.4, 0.5) is 0 Å². The predicted octanol–water partition coefficient (Wildman–Crippen LogP) is 3.08. The van der Waals surface area contributed by atoms with E-state index in [1.165, 1.54) is 24.0 Å². The fourth-order valence-electron chi connectivity index (χ4n) is 3.24. The number of hydrogen-bond acceptors (Lipinski definition) is 3. The van der Waals surface area contributed by atoms with E-state index in [1.54, 1.807) is 6.20 Å². The van der Waals surface area contributed by atoms with Crippen molar-refractivity contribution in [1.29, 1.82) is 0 Å². The molecule has 122 valence electrons. The van der Waals surface area contributed by atoms with E-state index >= 15 is 0 Å². The zero-order valence-electron chi connectivity index (χ0n) is 13.7. The van der Waals surface area contributed by atoms with Gasteiger partial charge in [-0.1, -0.05) is 6.07 Å². The third-order valence-electron chi connectivity index (χ3n) is 4.53. The van der Waals surface area contributed by atoms with Crippen molar-refractivity contribution in [2.24, 2.45) is 0 Å². The van der Waals surface area contributed by atoms with Gasteiger partial charge >= 0.3 is 0 Å². The highest BCUT2D eigenvalue weighted by Crippen LogP contribution is 2.20. The average molecular weight is 320 g/mol. The average Bonchev–Trinajstić information content (AvgIpc) is 3.01. The van der Waals surface area contributed by atoms with Crippen molar-refractivity contribution in [2.75, 3.05) is 0 Å². The molecule has 0 saturated carbocycles. The molecule has 0 atom stereocenters. The predicted molar refractivity (Wildman–Crippen MR) is 92.9 cm³/mol. The number of fused-ring (bicyclic) bond motifs is 2. The maximum Gasteiger partial charge on any atom is 0.253 e. The third kappa shape index (κ3) is 2.89. The summed E-state index contributed by atoms with van der Waals surface area (Å²) in [7, 11) is 0. The molecule has 4 rings (SSSR count). The van der Waals surface area contributed by atoms with Crippen LogP contribution in [0.1, 0.15) is 45.8 Å². The number of rotatable bonds is 3. The summed E-state index contributed by atoms with van der Waals surface area (Å²) in [6.07, 6.45) is 6.10. The number of imidazole rings is 1. The quantitative estimate of drug-likeness (QED) is 0.779. The maximum absolute atomic E-state index is 12.4. The molecule has 3 aromatic rings. The number of nitrogens with one attached hydrogen (secondary N) is 2. The molecule has 0 unspecified atom stereocenters. The molecule has 0 bridgehead atoms. The molecule has 1 aliphatic rings. The van der Waals surface area contributed by atoms with Crippen LogP contribution in [0.15, 0.2) is 30.5 Å². The Morgan fingerprint density at radius 3 is 3.04 bits per heavy atom. The van der Waals surface area contributed by atoms with Crippen molar-refractivity contribution < 1.29 is 4.79 Å². The normalized spacial score (nSPS) is 13.7. The Balaban J connectivity index is 1.47. The fourth-order valence-corrected chi connectivity index (χ4v) is 3.24. The molecule has 0 radical (unpaired) electrons. The Kier molecular flexibility index (Phi) is 3.76. The second-order valence-electron chi connectivity index (χ2n) is 6.42. The Labute approximate surface area is 140 Å². The maximum atomic E-state index is 12.4. The minimum atomic E-state index is -0.104. The first-order valence-corrected chi connectivity index (χ1v) is 8.40. The summed E-state index contributed by atoms with van der Waals surface area (Å²) in [6, 6.07) is 8.06. The van der Waals surface area contributed by atoms with E-state index in [0.29, 0.717) is 12.1 Å². The Hall–Kier alpha value is -2.69. The smallest absolute Gasteiger partial charge is 0.253 e. The molecule has 0 saturated heterocycles. The number of aromatic nitrogens is 3. The number of carbonyl (C=O) groups excluding carboxylic acids is 1. The largest absolute Gasteiger partial charge is 0.345 e. The van der Waals surface area contributed by atoms with Crippen molar-refractivity contribution in [3.05, 3.63) is 58.7 Å². The van der Waals surface area contributed by atoms with Gasteiger partial charge < -0.3 is 10.3 Å². The van der Waals surface area contributed by atoms with E-state index in [1.807, 2.05) is 25.1 Å². The standard InChI is InChI=1S/C19H20N4O/c1-12-6-7-16-17(8-12)23-18(22-16)11-21-19(24)14-9-13-4-2-3-5-15(13)20-10-14/h6-10H,2-5,11H2,1H3,(H,21,24)(H,22,23). The second-order valence-corrected chi connectivity index (χ2v) is 6.42. The van der Waals surface area contributed by atoms with Crippen molar-refractivity contribution in [2.45, 2.75) is 39.2 Å². The van der Waals surface area contributed by atoms with Crippen LogP contribution in [-0.4, -0.2) is 20.9 Å². The minimum absolute atomic E-state index is 0.104. The Morgan fingerprint density at radius 2 is 2.12 bits per heavy atom. The molecular formula is C19H20N4O. The van der Waals surface area contributed by atoms with Gasteiger partial charge in [-0.3, -0.25) is 9.78 Å². The van der Waals surface area contributed by atoms with Crippen molar-refractivity contribution in [3.63, 3.8) is 0 Å². The number of nitrogens with zero attached hydrogens (tertiary/aromatic N) is 2. The Morgan fingerprint density at radius 1 is 1.25 bits per heavy atom. The van der Waals surface area contributed by atoms with E-state index in [0.717, 1.165) is 35.4 Å². The molecule has 0 spiro atoms. The van der Waals surface area contributed by atoms with Gasteiger partial charge in [-0.05, 0) is 61.9 Å². The molecule has 2 heterocycles. The SMILES string of the molecule is Cc1ccc2nc(CNC(=O)c3cnc4c(c3)CCCC4)[nH]c2c1. The fraction of sp³-hybridized carbons (Fsp3) is 0.316. The summed E-state index contributed by atoms with van der Waals surface area (Å²) >= 11 is 0. The van der Waals surface area contributed by atoms with Crippen LogP contribution >= 0.6 is 0 Å². The summed E-state index contributed by atoms with van der Waals surface area (Å²) in [5, 5.41) is 2.92. The lowest BCUT2D eigenvalue weighted by Crippen LogP contribution is -2.24. The molecule has 5 heteroatoms. The summed E-state index contributed by atoms with van der Waals surface area (Å²) in [6.45, 7) is 2.43. The molecule has 24 heavy (non-hydrogen) atoms. The number of H-pyrrole nitrogens is 1. The van der Waals surface area contributed by atoms with Crippen LogP contribution in [-0.2, 0) is 19.4 Å². The van der Waals surface area contributed by atoms with Gasteiger partial charge in [0.25, 0.3) is 5.91 Å². The minimum Gasteiger partial charge on any atom is -0.345 e. The van der Waals surface area contributed by atoms with E-state index in [-0.39, 0.29) is 5.91 Å². The van der Waals surface area contributed by atoms with Crippen molar-refractivity contribution >= 4 is 16.9 Å². The summed E-state index contributed by atoms with van der Waals surface area (Å²) in [4.78, 5) is 24.6. The van der Waals surface area contributed by atoms with E-state index in [9.17, 15) is 4.79 Å². The lowest BCUT2D eigenvalue weighted by molar-refractivity contribution is 0.0949. The topological polar surface area (TPSA) is 70.7 Å². The molecule has 5 nitrogen and oxygen atoms in total. The number of aromatic amines is 1. The van der Waals surface area contributed by atoms with Crippen LogP contribution < -0.4 is 5.32 Å². The zero-order chi connectivity index (χ0) is 16.5. The van der Waals surface area contributed by atoms with Gasteiger partial charge in [-0.2, -0.15) is 0 Å². The van der Waals surface area contributed by atoms with E-state index in [4.69, 9.17) is 0 Å². The van der Waals surface area contributed by atoms with Gasteiger partial charge in [0.2, 0.25) is 0 Å². The molecule has 1 amide bonds. The first kappa shape index (κ1) is 14.9. The highest BCUT2D eigenvalue weighted by molar-refractivity contribution is 5.94. The second kappa shape index (κ2) is 6.07. The molecule has 1 aliphatic carbocycles. The summed E-state index contributed by atoms with van der Waals surface area (Å²) in [5.41, 5.74) is 6.08. The summed E-state index contributed by atoms with van der Waals surface area (Å²) in [5.74, 6) is 0.655. The van der Waals surface area contributed by atoms with Gasteiger partial charge in [-0.25, -0.2) is 4.98 Å². The van der Waals surface area contributed by atoms with Gasteiger partial charge in [0, 0.05) is 11.9 Å². The van der Waals surface area contributed by atoms with Gasteiger partial charge in [0.05, 0.1) is 23.1 Å². The lowest BCUT2D eigenvalue weighted by Gasteiger charge is -2.15. The first-order chi connectivity index (χ1) is 11.7. The highest BCUT2D eigenvalue weighted by atomic mass is 16.1. The molecule has 0 aliphatic heterocycles. The lowest BCUT2D eigenvalue weighted by atomic mass is 9.95. The highest BCUT2D eigenvalue weighted by Gasteiger charge is 2.14. The summed E-state index contributed by atoms with van der Waals surface area (Å²) < 4.78 is 0. The van der Waals surface area contributed by atoms with Crippen molar-refractivity contribution in [3.8, 4) is 0 Å². The van der Waals surface area contributed by atoms with Crippen LogP contribution in [0.3, 0.4) is 0 Å². The molecular weight excluding hydrogens is 300 g/mol. The van der Waals surface area contributed by atoms with E-state index < -0.39 is 0 Å². The molecule has 2 aromatic heterocycles. The van der Waals surface area contributed by atoms with Crippen LogP contribution in [0.5, 0.6) is 0 Å². The Bertz CT molecular complexity index is 913. The number of aryl methyl sites for hydroxylation is 3. The third-order valence-corrected chi connectivity index (χ3v) is 4.53. The van der Waals surface area contributed by atoms with Crippen LogP contribution in [0.2, 0.25) is 0 Å². The molecule has 2 N–H and O–H groups in total. The number of pyridine rings is 1. The first-order valence-electron chi connectivity index (χ1n) is 8.40.